The molecule has 2 aromatic rings. The highest BCUT2D eigenvalue weighted by Gasteiger charge is 2.05. The first-order valence-electron chi connectivity index (χ1n) is 6.78. The Labute approximate surface area is 115 Å². The Morgan fingerprint density at radius 1 is 1.22 bits per heavy atom. The van der Waals surface area contributed by atoms with Crippen LogP contribution in [0.3, 0.4) is 0 Å². The van der Waals surface area contributed by atoms with Crippen molar-refractivity contribution in [2.24, 2.45) is 7.05 Å². The van der Waals surface area contributed by atoms with Crippen molar-refractivity contribution < 1.29 is 0 Å². The molecular weight excluding hydrogens is 242 g/mol. The number of fused-ring (bicyclic) bond motifs is 1. The number of aryl methyl sites for hydroxylation is 2. The molecule has 2 rings (SSSR count). The number of nitrogens with zero attached hydrogens (tertiary/aromatic N) is 1. The summed E-state index contributed by atoms with van der Waals surface area (Å²) in [6.45, 7) is 2.23. The summed E-state index contributed by atoms with van der Waals surface area (Å²) in [4.78, 5) is 0. The predicted molar refractivity (Wildman–Crippen MR) is 80.1 cm³/mol. The molecule has 2 heteroatoms. The van der Waals surface area contributed by atoms with Crippen LogP contribution in [0.1, 0.15) is 38.3 Å². The van der Waals surface area contributed by atoms with E-state index in [1.807, 2.05) is 12.1 Å². The minimum atomic E-state index is 0.816. The largest absolute Gasteiger partial charge is 0.348 e. The zero-order valence-corrected chi connectivity index (χ0v) is 12.0. The van der Waals surface area contributed by atoms with E-state index in [4.69, 9.17) is 11.6 Å². The van der Waals surface area contributed by atoms with Gasteiger partial charge < -0.3 is 4.57 Å². The molecule has 1 nitrogen and oxygen atoms in total. The average molecular weight is 263 g/mol. The number of halogens is 1. The average Bonchev–Trinajstić information content (AvgIpc) is 2.65. The molecule has 0 amide bonds. The summed E-state index contributed by atoms with van der Waals surface area (Å²) in [5.41, 5.74) is 2.67. The molecule has 0 aliphatic heterocycles. The Bertz CT molecular complexity index is 513. The molecule has 97 valence electrons. The van der Waals surface area contributed by atoms with Crippen LogP contribution < -0.4 is 0 Å². The summed E-state index contributed by atoms with van der Waals surface area (Å²) >= 11 is 6.03. The van der Waals surface area contributed by atoms with Crippen molar-refractivity contribution in [1.29, 1.82) is 0 Å². The van der Waals surface area contributed by atoms with E-state index in [0.29, 0.717) is 0 Å². The van der Waals surface area contributed by atoms with Gasteiger partial charge in [0.15, 0.2) is 0 Å². The van der Waals surface area contributed by atoms with Gasteiger partial charge in [0.1, 0.15) is 0 Å². The minimum absolute atomic E-state index is 0.816. The maximum atomic E-state index is 6.03. The summed E-state index contributed by atoms with van der Waals surface area (Å²) in [6, 6.07) is 8.37. The second kappa shape index (κ2) is 6.29. The van der Waals surface area contributed by atoms with E-state index in [0.717, 1.165) is 11.4 Å². The first kappa shape index (κ1) is 13.5. The van der Waals surface area contributed by atoms with Gasteiger partial charge in [0.05, 0.1) is 0 Å². The van der Waals surface area contributed by atoms with Gasteiger partial charge in [-0.25, -0.2) is 0 Å². The first-order valence-corrected chi connectivity index (χ1v) is 7.15. The van der Waals surface area contributed by atoms with Gasteiger partial charge in [0.2, 0.25) is 0 Å². The van der Waals surface area contributed by atoms with Gasteiger partial charge in [-0.3, -0.25) is 0 Å². The first-order chi connectivity index (χ1) is 8.72. The van der Waals surface area contributed by atoms with Crippen LogP contribution >= 0.6 is 11.6 Å². The molecule has 0 saturated heterocycles. The standard InChI is InChI=1S/C16H21ClN/c1-3-4-5-6-7-8-15-12-13-11-14(17)9-10-16(13)18(15)2/h5,9-12H,3-4,6-8H2,1-2H3. The van der Waals surface area contributed by atoms with E-state index in [1.54, 1.807) is 0 Å². The van der Waals surface area contributed by atoms with Crippen LogP contribution in [0.15, 0.2) is 24.3 Å². The minimum Gasteiger partial charge on any atom is -0.348 e. The lowest BCUT2D eigenvalue weighted by Crippen LogP contribution is -1.96. The monoisotopic (exact) mass is 262 g/mol. The van der Waals surface area contributed by atoms with Crippen molar-refractivity contribution >= 4 is 22.5 Å². The fourth-order valence-corrected chi connectivity index (χ4v) is 2.57. The molecule has 1 radical (unpaired) electrons. The molecule has 1 heterocycles. The molecule has 0 aliphatic rings. The zero-order chi connectivity index (χ0) is 13.0. The fourth-order valence-electron chi connectivity index (χ4n) is 2.39. The SMILES string of the molecule is CCC[CH]CCCc1cc2cc(Cl)ccc2n1C. The normalized spacial score (nSPS) is 11.3. The Morgan fingerprint density at radius 2 is 2.06 bits per heavy atom. The van der Waals surface area contributed by atoms with Crippen LogP contribution in [-0.4, -0.2) is 4.57 Å². The molecule has 0 spiro atoms. The maximum absolute atomic E-state index is 6.03. The number of hydrogen-bond donors (Lipinski definition) is 0. The number of rotatable bonds is 6. The van der Waals surface area contributed by atoms with Crippen LogP contribution in [0.2, 0.25) is 5.02 Å². The molecule has 18 heavy (non-hydrogen) atoms. The van der Waals surface area contributed by atoms with Gasteiger partial charge in [-0.2, -0.15) is 0 Å². The van der Waals surface area contributed by atoms with Gasteiger partial charge >= 0.3 is 0 Å². The van der Waals surface area contributed by atoms with E-state index in [-0.39, 0.29) is 0 Å². The molecule has 0 saturated carbocycles. The number of hydrogen-bond acceptors (Lipinski definition) is 0. The van der Waals surface area contributed by atoms with Crippen molar-refractivity contribution in [3.63, 3.8) is 0 Å². The third-order valence-corrected chi connectivity index (χ3v) is 3.67. The van der Waals surface area contributed by atoms with Gasteiger partial charge in [0, 0.05) is 28.7 Å². The van der Waals surface area contributed by atoms with Gasteiger partial charge in [-0.05, 0) is 49.9 Å². The van der Waals surface area contributed by atoms with Crippen molar-refractivity contribution in [2.75, 3.05) is 0 Å². The lowest BCUT2D eigenvalue weighted by molar-refractivity contribution is 0.721. The molecular formula is C16H21ClN. The van der Waals surface area contributed by atoms with Crippen LogP contribution in [0, 0.1) is 6.42 Å². The van der Waals surface area contributed by atoms with Crippen LogP contribution in [0.4, 0.5) is 0 Å². The molecule has 1 aromatic heterocycles. The topological polar surface area (TPSA) is 4.93 Å². The van der Waals surface area contributed by atoms with Gasteiger partial charge in [0.25, 0.3) is 0 Å². The van der Waals surface area contributed by atoms with Gasteiger partial charge in [-0.15, -0.1) is 0 Å². The lowest BCUT2D eigenvalue weighted by atomic mass is 10.1. The van der Waals surface area contributed by atoms with E-state index >= 15 is 0 Å². The molecule has 0 N–H and O–H groups in total. The Morgan fingerprint density at radius 3 is 2.83 bits per heavy atom. The summed E-state index contributed by atoms with van der Waals surface area (Å²) < 4.78 is 2.28. The summed E-state index contributed by atoms with van der Waals surface area (Å²) in [6.07, 6.45) is 8.49. The number of aromatic nitrogens is 1. The maximum Gasteiger partial charge on any atom is 0.0480 e. The summed E-state index contributed by atoms with van der Waals surface area (Å²) in [5.74, 6) is 0. The Balaban J connectivity index is 2.02. The predicted octanol–water partition coefficient (Wildman–Crippen LogP) is 5.16. The van der Waals surface area contributed by atoms with E-state index in [2.05, 4.69) is 37.1 Å². The Hall–Kier alpha value is -0.950. The second-order valence-electron chi connectivity index (χ2n) is 4.87. The van der Waals surface area contributed by atoms with Crippen LogP contribution in [0.25, 0.3) is 10.9 Å². The van der Waals surface area contributed by atoms with E-state index in [9.17, 15) is 0 Å². The molecule has 0 aliphatic carbocycles. The molecule has 0 atom stereocenters. The summed E-state index contributed by atoms with van der Waals surface area (Å²) in [7, 11) is 2.14. The van der Waals surface area contributed by atoms with Crippen molar-refractivity contribution in [1.82, 2.24) is 4.57 Å². The fraction of sp³-hybridized carbons (Fsp3) is 0.438. The quantitative estimate of drug-likeness (QED) is 0.634. The van der Waals surface area contributed by atoms with Crippen molar-refractivity contribution in [2.45, 2.75) is 39.0 Å². The lowest BCUT2D eigenvalue weighted by Gasteiger charge is -2.04. The smallest absolute Gasteiger partial charge is 0.0480 e. The highest BCUT2D eigenvalue weighted by molar-refractivity contribution is 6.31. The summed E-state index contributed by atoms with van der Waals surface area (Å²) in [5, 5.41) is 2.06. The van der Waals surface area contributed by atoms with E-state index < -0.39 is 0 Å². The molecule has 0 unspecified atom stereocenters. The van der Waals surface area contributed by atoms with E-state index in [1.165, 1.54) is 42.3 Å². The third-order valence-electron chi connectivity index (χ3n) is 3.44. The number of unbranched alkanes of at least 4 members (excludes halogenated alkanes) is 4. The zero-order valence-electron chi connectivity index (χ0n) is 11.2. The second-order valence-corrected chi connectivity index (χ2v) is 5.30. The Kier molecular flexibility index (Phi) is 4.71. The van der Waals surface area contributed by atoms with Crippen molar-refractivity contribution in [3.8, 4) is 0 Å². The molecule has 0 bridgehead atoms. The third kappa shape index (κ3) is 3.08. The van der Waals surface area contributed by atoms with Crippen molar-refractivity contribution in [3.05, 3.63) is 41.4 Å². The van der Waals surface area contributed by atoms with Crippen LogP contribution in [0.5, 0.6) is 0 Å². The highest BCUT2D eigenvalue weighted by Crippen LogP contribution is 2.23. The molecule has 1 aromatic carbocycles. The molecule has 0 fully saturated rings. The highest BCUT2D eigenvalue weighted by atomic mass is 35.5. The van der Waals surface area contributed by atoms with Gasteiger partial charge in [-0.1, -0.05) is 31.4 Å². The number of benzene rings is 1. The van der Waals surface area contributed by atoms with Crippen LogP contribution in [-0.2, 0) is 13.5 Å².